The van der Waals surface area contributed by atoms with E-state index in [9.17, 15) is 9.59 Å². The summed E-state index contributed by atoms with van der Waals surface area (Å²) in [6.45, 7) is 13.8. The number of rotatable bonds is 2. The number of allylic oxidation sites excluding steroid dienone is 3. The number of cyclic esters (lactones) is 1. The maximum Gasteiger partial charge on any atom is 0.410 e. The number of carbonyl (C=O) groups is 2. The molecule has 1 fully saturated rings. The second-order valence-electron chi connectivity index (χ2n) is 7.15. The third-order valence-corrected chi connectivity index (χ3v) is 4.14. The Bertz CT molecular complexity index is 570. The normalized spacial score (nSPS) is 25.2. The molecule has 2 rings (SSSR count). The second-order valence-corrected chi connectivity index (χ2v) is 7.15. The van der Waals surface area contributed by atoms with Gasteiger partial charge in [0.2, 0.25) is 0 Å². The number of piperidine rings is 1. The molecule has 1 amide bonds. The van der Waals surface area contributed by atoms with Gasteiger partial charge in [-0.15, -0.1) is 0 Å². The van der Waals surface area contributed by atoms with E-state index < -0.39 is 11.0 Å². The van der Waals surface area contributed by atoms with Crippen molar-refractivity contribution in [2.24, 2.45) is 5.41 Å². The Morgan fingerprint density at radius 3 is 2.61 bits per heavy atom. The van der Waals surface area contributed by atoms with Crippen LogP contribution in [0.4, 0.5) is 4.79 Å². The van der Waals surface area contributed by atoms with Crippen molar-refractivity contribution in [1.82, 2.24) is 4.90 Å². The van der Waals surface area contributed by atoms with E-state index in [1.807, 2.05) is 20.8 Å². The van der Waals surface area contributed by atoms with Crippen LogP contribution in [0, 0.1) is 5.41 Å². The summed E-state index contributed by atoms with van der Waals surface area (Å²) in [6, 6.07) is 0. The first-order valence-corrected chi connectivity index (χ1v) is 7.89. The molecule has 0 aromatic heterocycles. The Hall–Kier alpha value is -2.04. The number of hydrogen-bond donors (Lipinski definition) is 0. The first-order valence-electron chi connectivity index (χ1n) is 7.89. The summed E-state index contributed by atoms with van der Waals surface area (Å²) < 4.78 is 10.9. The highest BCUT2D eigenvalue weighted by Crippen LogP contribution is 2.42. The molecule has 0 bridgehead atoms. The van der Waals surface area contributed by atoms with Crippen LogP contribution in [-0.4, -0.2) is 35.7 Å². The van der Waals surface area contributed by atoms with Crippen LogP contribution in [0.5, 0.6) is 0 Å². The van der Waals surface area contributed by atoms with E-state index >= 15 is 0 Å². The molecule has 0 aromatic carbocycles. The zero-order valence-corrected chi connectivity index (χ0v) is 14.2. The van der Waals surface area contributed by atoms with Gasteiger partial charge < -0.3 is 14.4 Å². The van der Waals surface area contributed by atoms with Crippen LogP contribution < -0.4 is 0 Å². The summed E-state index contributed by atoms with van der Waals surface area (Å²) in [5.41, 5.74) is -0.423. The molecule has 2 aliphatic rings. The lowest BCUT2D eigenvalue weighted by molar-refractivity contribution is -0.156. The number of likely N-dealkylation sites (tertiary alicyclic amines) is 1. The lowest BCUT2D eigenvalue weighted by atomic mass is 9.73. The minimum absolute atomic E-state index is 0.300. The number of carbonyl (C=O) groups excluding carboxylic acids is 2. The van der Waals surface area contributed by atoms with Gasteiger partial charge >= 0.3 is 12.1 Å². The van der Waals surface area contributed by atoms with E-state index in [4.69, 9.17) is 9.47 Å². The van der Waals surface area contributed by atoms with Crippen LogP contribution in [0.25, 0.3) is 0 Å². The largest absolute Gasteiger partial charge is 0.444 e. The monoisotopic (exact) mass is 319 g/mol. The molecule has 126 valence electrons. The average Bonchev–Trinajstić information content (AvgIpc) is 2.48. The Kier molecular flexibility index (Phi) is 4.68. The van der Waals surface area contributed by atoms with Gasteiger partial charge in [0.1, 0.15) is 11.4 Å². The predicted octanol–water partition coefficient (Wildman–Crippen LogP) is 3.58. The van der Waals surface area contributed by atoms with Crippen LogP contribution >= 0.6 is 0 Å². The van der Waals surface area contributed by atoms with Gasteiger partial charge in [0, 0.05) is 13.1 Å². The molecule has 0 aliphatic carbocycles. The third-order valence-electron chi connectivity index (χ3n) is 4.14. The molecule has 1 spiro atoms. The van der Waals surface area contributed by atoms with Crippen molar-refractivity contribution in [3.8, 4) is 0 Å². The maximum absolute atomic E-state index is 12.5. The summed E-state index contributed by atoms with van der Waals surface area (Å²) in [4.78, 5) is 26.5. The molecule has 0 aromatic rings. The summed E-state index contributed by atoms with van der Waals surface area (Å²) in [5, 5.41) is 0. The van der Waals surface area contributed by atoms with Crippen LogP contribution in [0.1, 0.15) is 40.0 Å². The van der Waals surface area contributed by atoms with Crippen molar-refractivity contribution in [3.63, 3.8) is 0 Å². The third kappa shape index (κ3) is 3.66. The molecule has 5 heteroatoms. The molecular weight excluding hydrogens is 294 g/mol. The smallest absolute Gasteiger partial charge is 0.410 e. The van der Waals surface area contributed by atoms with Gasteiger partial charge in [-0.05, 0) is 51.7 Å². The van der Waals surface area contributed by atoms with E-state index in [1.54, 1.807) is 11.0 Å². The standard InChI is InChI=1S/C18H25NO4/c1-6-13-11-18(15(20)22-14(13)7-2)9-8-10-19(12-18)16(21)23-17(3,4)5/h6-7H,1-2,8-12H2,3-5H3. The Balaban J connectivity index is 2.21. The maximum atomic E-state index is 12.5. The molecule has 0 radical (unpaired) electrons. The highest BCUT2D eigenvalue weighted by atomic mass is 16.6. The van der Waals surface area contributed by atoms with Crippen molar-refractivity contribution in [2.45, 2.75) is 45.6 Å². The van der Waals surface area contributed by atoms with Crippen LogP contribution in [0.3, 0.4) is 0 Å². The number of esters is 1. The van der Waals surface area contributed by atoms with E-state index in [-0.39, 0.29) is 12.1 Å². The highest BCUT2D eigenvalue weighted by molar-refractivity contribution is 5.82. The number of nitrogens with zero attached hydrogens (tertiary/aromatic N) is 1. The molecule has 0 saturated carbocycles. The van der Waals surface area contributed by atoms with E-state index in [2.05, 4.69) is 13.2 Å². The lowest BCUT2D eigenvalue weighted by Crippen LogP contribution is -2.52. The van der Waals surface area contributed by atoms with Crippen LogP contribution in [0.2, 0.25) is 0 Å². The minimum Gasteiger partial charge on any atom is -0.444 e. The van der Waals surface area contributed by atoms with E-state index in [1.165, 1.54) is 6.08 Å². The molecule has 1 atom stereocenters. The van der Waals surface area contributed by atoms with Gasteiger partial charge in [0.15, 0.2) is 0 Å². The quantitative estimate of drug-likeness (QED) is 0.730. The first kappa shape index (κ1) is 17.3. The van der Waals surface area contributed by atoms with Crippen LogP contribution in [-0.2, 0) is 14.3 Å². The minimum atomic E-state index is -0.717. The first-order chi connectivity index (χ1) is 10.7. The fourth-order valence-electron chi connectivity index (χ4n) is 3.07. The van der Waals surface area contributed by atoms with Crippen molar-refractivity contribution in [1.29, 1.82) is 0 Å². The molecule has 1 unspecified atom stereocenters. The average molecular weight is 319 g/mol. The fourth-order valence-corrected chi connectivity index (χ4v) is 3.07. The molecular formula is C18H25NO4. The van der Waals surface area contributed by atoms with Crippen LogP contribution in [0.15, 0.2) is 36.6 Å². The van der Waals surface area contributed by atoms with Gasteiger partial charge in [-0.25, -0.2) is 4.79 Å². The second kappa shape index (κ2) is 6.22. The highest BCUT2D eigenvalue weighted by Gasteiger charge is 2.48. The van der Waals surface area contributed by atoms with Gasteiger partial charge in [-0.2, -0.15) is 0 Å². The van der Waals surface area contributed by atoms with Crippen molar-refractivity contribution in [3.05, 3.63) is 36.6 Å². The lowest BCUT2D eigenvalue weighted by Gasteiger charge is -2.43. The van der Waals surface area contributed by atoms with Crippen molar-refractivity contribution < 1.29 is 19.1 Å². The van der Waals surface area contributed by atoms with Crippen molar-refractivity contribution in [2.75, 3.05) is 13.1 Å². The number of amides is 1. The fraction of sp³-hybridized carbons (Fsp3) is 0.556. The van der Waals surface area contributed by atoms with Gasteiger partial charge in [0.05, 0.1) is 5.41 Å². The molecule has 0 N–H and O–H groups in total. The SMILES string of the molecule is C=CC1=C(C=C)OC(=O)C2(CCCN(C(=O)OC(C)(C)C)C2)C1. The zero-order valence-electron chi connectivity index (χ0n) is 14.2. The molecule has 1 saturated heterocycles. The summed E-state index contributed by atoms with van der Waals surface area (Å²) in [7, 11) is 0. The Morgan fingerprint density at radius 1 is 1.35 bits per heavy atom. The van der Waals surface area contributed by atoms with Crippen molar-refractivity contribution >= 4 is 12.1 Å². The zero-order chi connectivity index (χ0) is 17.3. The topological polar surface area (TPSA) is 55.8 Å². The molecule has 2 heterocycles. The predicted molar refractivity (Wildman–Crippen MR) is 87.6 cm³/mol. The summed E-state index contributed by atoms with van der Waals surface area (Å²) >= 11 is 0. The van der Waals surface area contributed by atoms with Gasteiger partial charge in [0.25, 0.3) is 0 Å². The summed E-state index contributed by atoms with van der Waals surface area (Å²) in [5.74, 6) is 0.163. The number of ether oxygens (including phenoxy) is 2. The number of hydrogen-bond acceptors (Lipinski definition) is 4. The van der Waals surface area contributed by atoms with E-state index in [0.717, 1.165) is 12.0 Å². The van der Waals surface area contributed by atoms with Gasteiger partial charge in [-0.3, -0.25) is 4.79 Å². The molecule has 2 aliphatic heterocycles. The van der Waals surface area contributed by atoms with Gasteiger partial charge in [-0.1, -0.05) is 19.2 Å². The Morgan fingerprint density at radius 2 is 2.04 bits per heavy atom. The Labute approximate surface area is 137 Å². The molecule has 23 heavy (non-hydrogen) atoms. The molecule has 5 nitrogen and oxygen atoms in total. The summed E-state index contributed by atoms with van der Waals surface area (Å²) in [6.07, 6.45) is 4.77. The van der Waals surface area contributed by atoms with E-state index in [0.29, 0.717) is 31.7 Å².